The zero-order valence-corrected chi connectivity index (χ0v) is 17.6. The predicted octanol–water partition coefficient (Wildman–Crippen LogP) is 3.83. The molecule has 0 unspecified atom stereocenters. The van der Waals surface area contributed by atoms with Gasteiger partial charge in [-0.15, -0.1) is 0 Å². The Morgan fingerprint density at radius 2 is 2.10 bits per heavy atom. The summed E-state index contributed by atoms with van der Waals surface area (Å²) in [6.07, 6.45) is 8.23. The van der Waals surface area contributed by atoms with Crippen molar-refractivity contribution in [1.29, 1.82) is 0 Å². The van der Waals surface area contributed by atoms with Crippen LogP contribution >= 0.6 is 15.9 Å². The van der Waals surface area contributed by atoms with Gasteiger partial charge in [0.05, 0.1) is 17.5 Å². The number of fused-ring (bicyclic) bond motifs is 1. The predicted molar refractivity (Wildman–Crippen MR) is 112 cm³/mol. The highest BCUT2D eigenvalue weighted by Gasteiger charge is 2.29. The van der Waals surface area contributed by atoms with Gasteiger partial charge in [-0.1, -0.05) is 0 Å². The Morgan fingerprint density at radius 1 is 1.23 bits per heavy atom. The summed E-state index contributed by atoms with van der Waals surface area (Å²) in [7, 11) is 0. The lowest BCUT2D eigenvalue weighted by molar-refractivity contribution is 0.0697. The summed E-state index contributed by atoms with van der Waals surface area (Å²) < 4.78 is 11.8. The number of nitrogens with zero attached hydrogens (tertiary/aromatic N) is 3. The molecular formula is C21H17BrN4O4. The van der Waals surface area contributed by atoms with Crippen molar-refractivity contribution in [3.05, 3.63) is 75.7 Å². The van der Waals surface area contributed by atoms with Crippen LogP contribution in [-0.2, 0) is 6.42 Å². The first kappa shape index (κ1) is 20.0. The van der Waals surface area contributed by atoms with Gasteiger partial charge in [-0.25, -0.2) is 10.2 Å². The molecule has 1 amide bonds. The highest BCUT2D eigenvalue weighted by molar-refractivity contribution is 9.10. The molecule has 30 heavy (non-hydrogen) atoms. The Kier molecular flexibility index (Phi) is 5.71. The quantitative estimate of drug-likeness (QED) is 0.460. The fourth-order valence-electron chi connectivity index (χ4n) is 3.25. The van der Waals surface area contributed by atoms with Crippen molar-refractivity contribution in [2.24, 2.45) is 5.10 Å². The normalized spacial score (nSPS) is 14.3. The topological polar surface area (TPSA) is 107 Å². The van der Waals surface area contributed by atoms with Gasteiger partial charge in [-0.3, -0.25) is 14.8 Å². The van der Waals surface area contributed by atoms with Gasteiger partial charge < -0.3 is 9.15 Å². The zero-order valence-electron chi connectivity index (χ0n) is 16.0. The van der Waals surface area contributed by atoms with Crippen LogP contribution in [0.5, 0.6) is 5.75 Å². The molecule has 1 aliphatic carbocycles. The Morgan fingerprint density at radius 3 is 2.87 bits per heavy atom. The second-order valence-electron chi connectivity index (χ2n) is 6.68. The third kappa shape index (κ3) is 4.16. The molecule has 0 spiro atoms. The largest absolute Gasteiger partial charge is 0.453 e. The second-order valence-corrected chi connectivity index (χ2v) is 7.59. The Bertz CT molecular complexity index is 1140. The van der Waals surface area contributed by atoms with E-state index >= 15 is 0 Å². The van der Waals surface area contributed by atoms with Crippen LogP contribution in [0.1, 0.15) is 50.6 Å². The number of hydrogen-bond donors (Lipinski definition) is 1. The zero-order chi connectivity index (χ0) is 21.1. The van der Waals surface area contributed by atoms with Crippen molar-refractivity contribution in [1.82, 2.24) is 15.4 Å². The van der Waals surface area contributed by atoms with Gasteiger partial charge in [0.2, 0.25) is 5.76 Å². The molecule has 0 aliphatic heterocycles. The monoisotopic (exact) mass is 468 g/mol. The molecule has 0 aromatic carbocycles. The number of rotatable bonds is 4. The summed E-state index contributed by atoms with van der Waals surface area (Å²) in [6.45, 7) is 1.78. The Labute approximate surface area is 180 Å². The lowest BCUT2D eigenvalue weighted by Crippen LogP contribution is -2.22. The van der Waals surface area contributed by atoms with Crippen LogP contribution in [0.3, 0.4) is 0 Å². The number of carbonyl (C=O) groups excluding carboxylic acids is 2. The number of pyridine rings is 2. The maximum atomic E-state index is 12.6. The average molecular weight is 469 g/mol. The van der Waals surface area contributed by atoms with Crippen molar-refractivity contribution in [3.63, 3.8) is 0 Å². The summed E-state index contributed by atoms with van der Waals surface area (Å²) in [5.41, 5.74) is 4.99. The highest BCUT2D eigenvalue weighted by atomic mass is 79.9. The van der Waals surface area contributed by atoms with Gasteiger partial charge in [0.25, 0.3) is 5.91 Å². The molecule has 152 valence electrons. The number of ether oxygens (including phenoxy) is 1. The van der Waals surface area contributed by atoms with Crippen LogP contribution in [0.15, 0.2) is 57.0 Å². The number of hydrogen-bond acceptors (Lipinski definition) is 7. The van der Waals surface area contributed by atoms with Gasteiger partial charge in [-0.2, -0.15) is 5.10 Å². The molecule has 4 rings (SSSR count). The molecule has 0 radical (unpaired) electrons. The first-order chi connectivity index (χ1) is 14.5. The van der Waals surface area contributed by atoms with E-state index in [-0.39, 0.29) is 11.7 Å². The molecule has 3 aromatic heterocycles. The number of amides is 1. The third-order valence-corrected chi connectivity index (χ3v) is 5.05. The molecule has 8 nitrogen and oxygen atoms in total. The minimum absolute atomic E-state index is 0.126. The third-order valence-electron chi connectivity index (χ3n) is 4.62. The molecule has 0 saturated carbocycles. The van der Waals surface area contributed by atoms with E-state index in [1.807, 2.05) is 0 Å². The first-order valence-electron chi connectivity index (χ1n) is 9.25. The number of hydrazone groups is 1. The van der Waals surface area contributed by atoms with E-state index in [4.69, 9.17) is 9.15 Å². The maximum Gasteiger partial charge on any atom is 0.379 e. The first-order valence-corrected chi connectivity index (χ1v) is 10.0. The van der Waals surface area contributed by atoms with E-state index in [2.05, 4.69) is 36.4 Å². The molecular weight excluding hydrogens is 452 g/mol. The summed E-state index contributed by atoms with van der Waals surface area (Å²) >= 11 is 3.29. The SMILES string of the molecule is Cc1c(C(=O)Oc2cccnc2)oc2c1/C(=N/NC(=O)c1cncc(Br)c1)CCC2. The number of esters is 1. The average Bonchev–Trinajstić information content (AvgIpc) is 3.10. The van der Waals surface area contributed by atoms with Crippen LogP contribution in [0.2, 0.25) is 0 Å². The van der Waals surface area contributed by atoms with Gasteiger partial charge in [0.15, 0.2) is 0 Å². The molecule has 0 saturated heterocycles. The van der Waals surface area contributed by atoms with E-state index in [9.17, 15) is 9.59 Å². The molecule has 0 fully saturated rings. The van der Waals surface area contributed by atoms with E-state index in [0.29, 0.717) is 45.7 Å². The number of aryl methyl sites for hydroxylation is 1. The summed E-state index contributed by atoms with van der Waals surface area (Å²) in [5, 5.41) is 4.30. The van der Waals surface area contributed by atoms with Crippen LogP contribution in [0.4, 0.5) is 0 Å². The Balaban J connectivity index is 1.57. The minimum atomic E-state index is -0.599. The van der Waals surface area contributed by atoms with Crippen LogP contribution in [0.25, 0.3) is 0 Å². The van der Waals surface area contributed by atoms with Crippen molar-refractivity contribution >= 4 is 33.5 Å². The lowest BCUT2D eigenvalue weighted by atomic mass is 9.93. The highest BCUT2D eigenvalue weighted by Crippen LogP contribution is 2.30. The smallest absolute Gasteiger partial charge is 0.379 e. The number of aromatic nitrogens is 2. The standard InChI is InChI=1S/C21H17BrN4O4/c1-12-18-16(25-26-20(27)13-8-14(22)10-24-9-13)5-2-6-17(18)30-19(12)21(28)29-15-4-3-7-23-11-15/h3-4,7-11H,2,5-6H2,1H3,(H,26,27)/b25-16+. The van der Waals surface area contributed by atoms with Crippen LogP contribution < -0.4 is 10.2 Å². The molecule has 1 aliphatic rings. The van der Waals surface area contributed by atoms with Crippen molar-refractivity contribution in [3.8, 4) is 5.75 Å². The Hall–Kier alpha value is -3.33. The summed E-state index contributed by atoms with van der Waals surface area (Å²) in [6, 6.07) is 4.98. The molecule has 9 heteroatoms. The minimum Gasteiger partial charge on any atom is -0.453 e. The summed E-state index contributed by atoms with van der Waals surface area (Å²) in [4.78, 5) is 32.9. The van der Waals surface area contributed by atoms with Crippen LogP contribution in [0, 0.1) is 6.92 Å². The van der Waals surface area contributed by atoms with Gasteiger partial charge in [0, 0.05) is 40.6 Å². The van der Waals surface area contributed by atoms with E-state index in [0.717, 1.165) is 12.0 Å². The second kappa shape index (κ2) is 8.58. The van der Waals surface area contributed by atoms with E-state index in [1.165, 1.54) is 12.4 Å². The van der Waals surface area contributed by atoms with E-state index < -0.39 is 5.97 Å². The maximum absolute atomic E-state index is 12.6. The van der Waals surface area contributed by atoms with Gasteiger partial charge >= 0.3 is 5.97 Å². The van der Waals surface area contributed by atoms with Gasteiger partial charge in [0.1, 0.15) is 11.5 Å². The van der Waals surface area contributed by atoms with E-state index in [1.54, 1.807) is 37.5 Å². The molecule has 1 N–H and O–H groups in total. The van der Waals surface area contributed by atoms with Crippen LogP contribution in [-0.4, -0.2) is 27.6 Å². The molecule has 0 bridgehead atoms. The molecule has 3 aromatic rings. The number of halogens is 1. The number of carbonyl (C=O) groups is 2. The van der Waals surface area contributed by atoms with Crippen molar-refractivity contribution < 1.29 is 18.7 Å². The molecule has 3 heterocycles. The molecule has 0 atom stereocenters. The van der Waals surface area contributed by atoms with Crippen molar-refractivity contribution in [2.75, 3.05) is 0 Å². The van der Waals surface area contributed by atoms with Crippen molar-refractivity contribution in [2.45, 2.75) is 26.2 Å². The lowest BCUT2D eigenvalue weighted by Gasteiger charge is -2.13. The fourth-order valence-corrected chi connectivity index (χ4v) is 3.62. The summed E-state index contributed by atoms with van der Waals surface area (Å²) in [5.74, 6) is 0.148. The van der Waals surface area contributed by atoms with Gasteiger partial charge in [-0.05, 0) is 53.9 Å². The number of nitrogens with one attached hydrogen (secondary N) is 1. The fraction of sp³-hybridized carbons (Fsp3) is 0.190. The number of furan rings is 1.